The number of rotatable bonds is 10. The molecule has 20 rings (SSSR count). The SMILES string of the molecule is C/C=C/C(=O)Cl.O=C=O.O=P(Cl)(Cl)Cl.[CH2-]C1(C([NH-])=O)Cc2cc3ccc(=O)[nH]c3cc2C1.[CH2-]C1(C([NH-])=O)Cc2cc3ccc(=O)[nH]c3cc2C1.[CH2-]C1(C([NH-])=O)Cc2cc3ccc(CCl)nc3cc2C1.[CH2-]C1(C([NH-])=O)Cc2cc3ccc(Cl)nc3cc2C1.[CH2-]C1(C([NH-])=O)Cc2cc3ccc(OC)nc3cc2C1.[CH2-]C1(C([NH-])=O)Cc2cc3cccnc3cc2C1.[CH2-]C1(C([NH-])=O)Cc2ccc(N)cc2C1.[Y].[Y].[Y].[Y].[Y].[Y].[Y]. The Morgan fingerprint density at radius 2 is 0.674 bits per heavy atom. The standard InChI is InChI=1S/C15H14ClN2O.C15H15N2O2.C14H12ClN2O.2C14H13N2O2.C14H13N2O.C11H13N2O.C4H5ClO.CO2.Cl3OP.7Y/c1-15(14(17)19)6-10-4-9-2-3-12(8-16)18-13(9)5-11(10)7-15;1-15(14(16)18)7-10-5-9-3-4-13(19-2)17-12(9)6-11(10)8-15;1-14(13(16)18)6-9-4-8-2-3-12(15)17-11(8)5-10(9)7-14;2*1-14(13(15)18)6-9-4-8-2-3-12(17)16-11(8)5-10(9)7-14;1-14(13(15)17)7-10-5-9-3-2-4-16-12(9)6-11(10)8-14;1-11(10(13)14)5-7-2-3-9(12)4-8(7)6-11;1-2-3-4(5)6;2-1-3;1-5(2,3)4;;;;;;;/h2-5H,1,6-8H2,(H2,17,19);3-6H,1,7-8H2,2H3,(H2,16,18);2-5H,1,6-7H2,(H2,16,18);2*2-5H,1,6-7H2,(H3,15,16,17,18);2-6H,1,7-8H2,(H2,15,17);2-4H,1,5-6,12H2,(H2,13,14);2-3H,1H3;;;;;;;;;/q7*-1;;;;;;;;;;/p-7/b;;;;;;;3-2+;;;;;;;;;. The van der Waals surface area contributed by atoms with Gasteiger partial charge < -0.3 is 143 Å². The van der Waals surface area contributed by atoms with Crippen molar-refractivity contribution in [1.82, 2.24) is 29.9 Å². The van der Waals surface area contributed by atoms with Crippen molar-refractivity contribution in [3.05, 3.63) is 380 Å². The van der Waals surface area contributed by atoms with Gasteiger partial charge in [0.25, 0.3) is 0 Å². The van der Waals surface area contributed by atoms with Crippen LogP contribution in [0.4, 0.5) is 5.69 Å². The number of nitrogens with two attached hydrogens (primary N) is 1. The third-order valence-corrected chi connectivity index (χ3v) is 25.3. The van der Waals surface area contributed by atoms with Gasteiger partial charge in [-0.1, -0.05) is 35.9 Å². The van der Waals surface area contributed by atoms with Gasteiger partial charge >= 0.3 is 11.4 Å². The molecule has 7 aromatic carbocycles. The average molecular weight is 2600 g/mol. The van der Waals surface area contributed by atoms with E-state index in [1.54, 1.807) is 44.5 Å². The van der Waals surface area contributed by atoms with E-state index in [1.807, 2.05) is 127 Å². The minimum absolute atomic E-state index is 0. The van der Waals surface area contributed by atoms with Crippen molar-refractivity contribution >= 4 is 198 Å². The number of hydrogen-bond acceptors (Lipinski definition) is 19. The third-order valence-electron chi connectivity index (χ3n) is 24.7. The van der Waals surface area contributed by atoms with E-state index in [0.29, 0.717) is 112 Å². The summed E-state index contributed by atoms with van der Waals surface area (Å²) in [6, 6.07) is 51.1. The topological polar surface area (TPSA) is 507 Å². The molecule has 0 saturated carbocycles. The van der Waals surface area contributed by atoms with Gasteiger partial charge in [0.2, 0.25) is 22.2 Å². The molecule has 7 aliphatic rings. The summed E-state index contributed by atoms with van der Waals surface area (Å²) in [5, 5.41) is 2.82. The fraction of sp³-hybridized carbons (Fsp3) is 0.235. The van der Waals surface area contributed by atoms with Gasteiger partial charge in [-0.25, -0.2) is 9.97 Å². The second kappa shape index (κ2) is 55.5. The molecular formula is C102H91Cl6N14O14PY7-14. The summed E-state index contributed by atoms with van der Waals surface area (Å²) in [6.45, 7) is 29.0. The normalized spacial score (nSPS) is 19.9. The zero-order chi connectivity index (χ0) is 101. The number of amides is 7. The molecule has 7 amide bonds. The van der Waals surface area contributed by atoms with Crippen molar-refractivity contribution in [1.29, 1.82) is 0 Å². The number of methoxy groups -OCH3 is 1. The van der Waals surface area contributed by atoms with Crippen LogP contribution < -0.4 is 21.6 Å². The fourth-order valence-corrected chi connectivity index (χ4v) is 18.0. The predicted molar refractivity (Wildman–Crippen MR) is 536 cm³/mol. The van der Waals surface area contributed by atoms with Crippen LogP contribution in [0.2, 0.25) is 5.15 Å². The van der Waals surface area contributed by atoms with E-state index in [0.717, 1.165) is 149 Å². The van der Waals surface area contributed by atoms with E-state index in [2.05, 4.69) is 118 Å². The number of aromatic amines is 2. The Kier molecular flexibility index (Phi) is 50.6. The summed E-state index contributed by atoms with van der Waals surface area (Å²) in [5.41, 5.74) is 72.2. The predicted octanol–water partition coefficient (Wildman–Crippen LogP) is 21.7. The van der Waals surface area contributed by atoms with Gasteiger partial charge in [0.05, 0.1) is 40.8 Å². The zero-order valence-electron chi connectivity index (χ0n) is 78.2. The van der Waals surface area contributed by atoms with Crippen molar-refractivity contribution < 1.29 is 286 Å². The molecule has 7 radical (unpaired) electrons. The number of anilines is 1. The van der Waals surface area contributed by atoms with Crippen LogP contribution in [0.5, 0.6) is 5.88 Å². The van der Waals surface area contributed by atoms with Crippen LogP contribution in [0.1, 0.15) is 90.5 Å². The maximum atomic E-state index is 11.4. The van der Waals surface area contributed by atoms with Crippen LogP contribution >= 0.6 is 73.7 Å². The first kappa shape index (κ1) is 131. The Hall–Kier alpha value is -5.02. The number of nitrogens with one attached hydrogen (secondary N) is 9. The minimum Gasteiger partial charge on any atom is -0.670 e. The average Bonchev–Trinajstić information content (AvgIpc) is 1.61. The zero-order valence-corrected chi connectivity index (χ0v) is 104. The van der Waals surface area contributed by atoms with Crippen LogP contribution in [0.3, 0.4) is 0 Å². The number of allylic oxidation sites excluding steroid dienone is 2. The first-order valence-electron chi connectivity index (χ1n) is 42.1. The molecule has 6 heterocycles. The number of aromatic nitrogens is 6. The van der Waals surface area contributed by atoms with Gasteiger partial charge in [-0.15, -0.1) is 49.5 Å². The molecule has 0 spiro atoms. The van der Waals surface area contributed by atoms with Crippen molar-refractivity contribution in [3.63, 3.8) is 0 Å². The van der Waals surface area contributed by atoms with Gasteiger partial charge in [-0.2, -0.15) is 9.59 Å². The number of pyridine rings is 6. The van der Waals surface area contributed by atoms with E-state index >= 15 is 0 Å². The summed E-state index contributed by atoms with van der Waals surface area (Å²) in [4.78, 5) is 151. The van der Waals surface area contributed by atoms with Gasteiger partial charge in [0.1, 0.15) is 5.15 Å². The van der Waals surface area contributed by atoms with Crippen LogP contribution in [-0.2, 0) is 377 Å². The van der Waals surface area contributed by atoms with Crippen LogP contribution in [0.25, 0.3) is 106 Å². The number of fused-ring (bicyclic) bond motifs is 13. The molecule has 7 unspecified atom stereocenters. The fourth-order valence-electron chi connectivity index (χ4n) is 17.5. The molecule has 13 aromatic rings. The number of carbonyl (C=O) groups excluding carboxylic acids is 10. The smallest absolute Gasteiger partial charge is 0.373 e. The van der Waals surface area contributed by atoms with E-state index in [4.69, 9.17) is 95.0 Å². The van der Waals surface area contributed by atoms with Crippen LogP contribution in [0, 0.1) is 86.4 Å². The molecule has 0 bridgehead atoms. The van der Waals surface area contributed by atoms with Crippen molar-refractivity contribution in [2.24, 2.45) is 37.9 Å². The number of nitrogen functional groups attached to an aromatic ring is 1. The summed E-state index contributed by atoms with van der Waals surface area (Å²) < 4.78 is 14.6. The van der Waals surface area contributed by atoms with E-state index in [-0.39, 0.29) is 246 Å². The Balaban J connectivity index is 0.000000340. The number of nitrogens with zero attached hydrogens (tertiary/aromatic N) is 4. The number of benzene rings is 7. The second-order valence-electron chi connectivity index (χ2n) is 35.3. The number of halogens is 6. The Morgan fingerprint density at radius 1 is 0.403 bits per heavy atom. The summed E-state index contributed by atoms with van der Waals surface area (Å²) in [5.74, 6) is -3.26. The Morgan fingerprint density at radius 3 is 0.986 bits per heavy atom. The number of ether oxygens (including phenoxy) is 1. The first-order chi connectivity index (χ1) is 64.2. The minimum atomic E-state index is -3.22. The summed E-state index contributed by atoms with van der Waals surface area (Å²) in [6.07, 6.45) is 12.2. The monoisotopic (exact) mass is 2600 g/mol. The molecule has 7 aliphatic carbocycles. The largest absolute Gasteiger partial charge is 0.670 e. The molecule has 735 valence electrons. The number of carbonyl (C=O) groups is 8. The van der Waals surface area contributed by atoms with Gasteiger partial charge in [-0.05, 0) is 364 Å². The number of H-pyrrole nitrogens is 2. The maximum absolute atomic E-state index is 11.4. The molecule has 0 fully saturated rings. The number of alkyl halides is 1. The van der Waals surface area contributed by atoms with Crippen molar-refractivity contribution in [2.75, 3.05) is 12.8 Å². The second-order valence-corrected chi connectivity index (χ2v) is 43.0. The van der Waals surface area contributed by atoms with E-state index in [9.17, 15) is 52.5 Å². The molecule has 6 aromatic heterocycles. The van der Waals surface area contributed by atoms with Crippen LogP contribution in [0.15, 0.2) is 192 Å². The van der Waals surface area contributed by atoms with Crippen molar-refractivity contribution in [2.45, 2.75) is 103 Å². The molecular weight excluding hydrogens is 2510 g/mol. The van der Waals surface area contributed by atoms with Crippen LogP contribution in [-0.4, -0.2) is 89.8 Å². The van der Waals surface area contributed by atoms with Gasteiger partial charge in [0.15, 0.2) is 0 Å². The molecule has 144 heavy (non-hydrogen) atoms. The maximum Gasteiger partial charge on any atom is 0.373 e. The van der Waals surface area contributed by atoms with E-state index in [1.165, 1.54) is 18.2 Å². The Bertz CT molecular complexity index is 7010. The molecule has 42 heteroatoms. The Labute approximate surface area is 1040 Å². The molecule has 28 nitrogen and oxygen atoms in total. The molecule has 0 saturated heterocycles. The van der Waals surface area contributed by atoms with E-state index < -0.39 is 89.7 Å². The molecule has 11 N–H and O–H groups in total. The first-order valence-corrected chi connectivity index (χ1v) is 47.8. The summed E-state index contributed by atoms with van der Waals surface area (Å²) in [7, 11) is 1.58. The molecule has 0 aliphatic heterocycles. The van der Waals surface area contributed by atoms with Gasteiger partial charge in [0, 0.05) is 333 Å². The third kappa shape index (κ3) is 33.5. The summed E-state index contributed by atoms with van der Waals surface area (Å²) >= 11 is 30.4. The molecule has 7 atom stereocenters. The number of hydrogen-bond donors (Lipinski definition) is 3. The van der Waals surface area contributed by atoms with Crippen molar-refractivity contribution in [3.8, 4) is 5.88 Å². The van der Waals surface area contributed by atoms with Gasteiger partial charge in [-0.3, -0.25) is 28.9 Å². The quantitative estimate of drug-likeness (QED) is 0.0218.